The van der Waals surface area contributed by atoms with Crippen molar-refractivity contribution in [1.29, 1.82) is 0 Å². The van der Waals surface area contributed by atoms with Gasteiger partial charge < -0.3 is 19.2 Å². The SMILES string of the molecule is COc1ccc(Cc2nc3ccc(C(=O)NCC4(C)COC4)cc3o2)cc1. The predicted octanol–water partition coefficient (Wildman–Crippen LogP) is 3.19. The number of nitrogens with one attached hydrogen (secondary N) is 1. The van der Waals surface area contributed by atoms with Gasteiger partial charge in [0, 0.05) is 23.9 Å². The molecule has 0 spiro atoms. The van der Waals surface area contributed by atoms with E-state index in [0.29, 0.717) is 43.2 Å². The molecule has 2 aromatic carbocycles. The Morgan fingerprint density at radius 1 is 1.22 bits per heavy atom. The second-order valence-electron chi connectivity index (χ2n) is 7.30. The molecule has 1 fully saturated rings. The van der Waals surface area contributed by atoms with E-state index in [1.54, 1.807) is 19.2 Å². The first-order valence-corrected chi connectivity index (χ1v) is 8.93. The molecule has 1 amide bonds. The molecule has 0 radical (unpaired) electrons. The van der Waals surface area contributed by atoms with E-state index in [1.165, 1.54) is 0 Å². The van der Waals surface area contributed by atoms with Crippen LogP contribution < -0.4 is 10.1 Å². The van der Waals surface area contributed by atoms with Gasteiger partial charge in [-0.1, -0.05) is 19.1 Å². The van der Waals surface area contributed by atoms with Crippen molar-refractivity contribution >= 4 is 17.0 Å². The lowest BCUT2D eigenvalue weighted by Gasteiger charge is -2.38. The van der Waals surface area contributed by atoms with Crippen molar-refractivity contribution in [2.75, 3.05) is 26.9 Å². The molecule has 1 aromatic heterocycles. The van der Waals surface area contributed by atoms with Crippen LogP contribution in [0.4, 0.5) is 0 Å². The van der Waals surface area contributed by atoms with Gasteiger partial charge in [-0.25, -0.2) is 4.98 Å². The van der Waals surface area contributed by atoms with Crippen LogP contribution in [0.1, 0.15) is 28.7 Å². The number of benzene rings is 2. The van der Waals surface area contributed by atoms with E-state index in [0.717, 1.165) is 16.8 Å². The summed E-state index contributed by atoms with van der Waals surface area (Å²) in [4.78, 5) is 16.9. The van der Waals surface area contributed by atoms with Crippen LogP contribution in [-0.2, 0) is 11.2 Å². The standard InChI is InChI=1S/C21H22N2O4/c1-21(12-26-13-21)11-22-20(24)15-5-8-17-18(10-15)27-19(23-17)9-14-3-6-16(25-2)7-4-14/h3-8,10H,9,11-13H2,1-2H3,(H,22,24). The van der Waals surface area contributed by atoms with Crippen LogP contribution in [0.25, 0.3) is 11.1 Å². The van der Waals surface area contributed by atoms with Gasteiger partial charge in [-0.05, 0) is 35.9 Å². The van der Waals surface area contributed by atoms with Crippen molar-refractivity contribution in [2.24, 2.45) is 5.41 Å². The minimum atomic E-state index is -0.113. The molecule has 0 aliphatic carbocycles. The summed E-state index contributed by atoms with van der Waals surface area (Å²) in [6.07, 6.45) is 0.582. The summed E-state index contributed by atoms with van der Waals surface area (Å²) in [6, 6.07) is 13.1. The van der Waals surface area contributed by atoms with Crippen LogP contribution in [0.3, 0.4) is 0 Å². The first kappa shape index (κ1) is 17.5. The fraction of sp³-hybridized carbons (Fsp3) is 0.333. The molecular weight excluding hydrogens is 344 g/mol. The Balaban J connectivity index is 1.46. The van der Waals surface area contributed by atoms with Crippen LogP contribution in [0.2, 0.25) is 0 Å². The zero-order chi connectivity index (χ0) is 18.9. The van der Waals surface area contributed by atoms with Crippen molar-refractivity contribution in [2.45, 2.75) is 13.3 Å². The van der Waals surface area contributed by atoms with Gasteiger partial charge >= 0.3 is 0 Å². The lowest BCUT2D eigenvalue weighted by molar-refractivity contribution is -0.0978. The van der Waals surface area contributed by atoms with Gasteiger partial charge in [-0.15, -0.1) is 0 Å². The Bertz CT molecular complexity index is 958. The van der Waals surface area contributed by atoms with Crippen LogP contribution in [-0.4, -0.2) is 37.8 Å². The smallest absolute Gasteiger partial charge is 0.251 e. The first-order valence-electron chi connectivity index (χ1n) is 8.93. The highest BCUT2D eigenvalue weighted by molar-refractivity contribution is 5.97. The highest BCUT2D eigenvalue weighted by atomic mass is 16.5. The molecule has 4 rings (SSSR count). The summed E-state index contributed by atoms with van der Waals surface area (Å²) in [7, 11) is 1.64. The Morgan fingerprint density at radius 2 is 2.00 bits per heavy atom. The van der Waals surface area contributed by atoms with E-state index >= 15 is 0 Å². The molecule has 0 unspecified atom stereocenters. The Labute approximate surface area is 157 Å². The summed E-state index contributed by atoms with van der Waals surface area (Å²) < 4.78 is 16.2. The zero-order valence-electron chi connectivity index (χ0n) is 15.5. The van der Waals surface area contributed by atoms with Crippen molar-refractivity contribution in [1.82, 2.24) is 10.3 Å². The van der Waals surface area contributed by atoms with E-state index in [2.05, 4.69) is 17.2 Å². The number of oxazole rings is 1. The number of fused-ring (bicyclic) bond motifs is 1. The van der Waals surface area contributed by atoms with Crippen molar-refractivity contribution < 1.29 is 18.7 Å². The average Bonchev–Trinajstić information content (AvgIpc) is 3.06. The molecule has 2 heterocycles. The molecule has 1 saturated heterocycles. The van der Waals surface area contributed by atoms with Gasteiger partial charge in [0.2, 0.25) is 0 Å². The van der Waals surface area contributed by atoms with Crippen LogP contribution in [0.15, 0.2) is 46.9 Å². The topological polar surface area (TPSA) is 73.6 Å². The molecule has 0 saturated carbocycles. The number of ether oxygens (including phenoxy) is 2. The number of hydrogen-bond donors (Lipinski definition) is 1. The number of nitrogens with zero attached hydrogens (tertiary/aromatic N) is 1. The summed E-state index contributed by atoms with van der Waals surface area (Å²) in [5.74, 6) is 1.32. The fourth-order valence-electron chi connectivity index (χ4n) is 3.06. The van der Waals surface area contributed by atoms with Crippen molar-refractivity contribution in [3.8, 4) is 5.75 Å². The van der Waals surface area contributed by atoms with E-state index in [9.17, 15) is 4.79 Å². The van der Waals surface area contributed by atoms with Gasteiger partial charge in [0.1, 0.15) is 11.3 Å². The average molecular weight is 366 g/mol. The molecule has 140 valence electrons. The second-order valence-corrected chi connectivity index (χ2v) is 7.30. The monoisotopic (exact) mass is 366 g/mol. The maximum Gasteiger partial charge on any atom is 0.251 e. The molecule has 6 nitrogen and oxygen atoms in total. The van der Waals surface area contributed by atoms with E-state index in [1.807, 2.05) is 30.3 Å². The predicted molar refractivity (Wildman–Crippen MR) is 101 cm³/mol. The largest absolute Gasteiger partial charge is 0.497 e. The third-order valence-electron chi connectivity index (χ3n) is 4.79. The van der Waals surface area contributed by atoms with Gasteiger partial charge in [-0.2, -0.15) is 0 Å². The van der Waals surface area contributed by atoms with Crippen molar-refractivity contribution in [3.05, 3.63) is 59.5 Å². The van der Waals surface area contributed by atoms with E-state index in [4.69, 9.17) is 13.9 Å². The quantitative estimate of drug-likeness (QED) is 0.725. The minimum absolute atomic E-state index is 0.0392. The number of amides is 1. The van der Waals surface area contributed by atoms with Gasteiger partial charge in [0.15, 0.2) is 11.5 Å². The zero-order valence-corrected chi connectivity index (χ0v) is 15.5. The van der Waals surface area contributed by atoms with Gasteiger partial charge in [-0.3, -0.25) is 4.79 Å². The fourth-order valence-corrected chi connectivity index (χ4v) is 3.06. The molecule has 3 aromatic rings. The molecule has 0 atom stereocenters. The minimum Gasteiger partial charge on any atom is -0.497 e. The Kier molecular flexibility index (Phi) is 4.58. The number of carbonyl (C=O) groups is 1. The molecular formula is C21H22N2O4. The lowest BCUT2D eigenvalue weighted by atomic mass is 9.88. The summed E-state index contributed by atoms with van der Waals surface area (Å²) in [5.41, 5.74) is 3.05. The molecule has 0 bridgehead atoms. The summed E-state index contributed by atoms with van der Waals surface area (Å²) >= 11 is 0. The molecule has 27 heavy (non-hydrogen) atoms. The second kappa shape index (κ2) is 7.04. The van der Waals surface area contributed by atoms with E-state index < -0.39 is 0 Å². The summed E-state index contributed by atoms with van der Waals surface area (Å²) in [5, 5.41) is 2.97. The molecule has 1 aliphatic rings. The normalized spacial score (nSPS) is 15.3. The summed E-state index contributed by atoms with van der Waals surface area (Å²) in [6.45, 7) is 4.07. The maximum absolute atomic E-state index is 12.4. The van der Waals surface area contributed by atoms with Crippen LogP contribution >= 0.6 is 0 Å². The first-order chi connectivity index (χ1) is 13.0. The van der Waals surface area contributed by atoms with Gasteiger partial charge in [0.05, 0.1) is 20.3 Å². The third kappa shape index (κ3) is 3.80. The number of methoxy groups -OCH3 is 1. The Hall–Kier alpha value is -2.86. The van der Waals surface area contributed by atoms with Gasteiger partial charge in [0.25, 0.3) is 5.91 Å². The number of aromatic nitrogens is 1. The number of rotatable bonds is 6. The molecule has 6 heteroatoms. The highest BCUT2D eigenvalue weighted by Crippen LogP contribution is 2.25. The van der Waals surface area contributed by atoms with E-state index in [-0.39, 0.29) is 11.3 Å². The Morgan fingerprint density at radius 3 is 2.67 bits per heavy atom. The number of hydrogen-bond acceptors (Lipinski definition) is 5. The van der Waals surface area contributed by atoms with Crippen LogP contribution in [0.5, 0.6) is 5.75 Å². The third-order valence-corrected chi connectivity index (χ3v) is 4.79. The highest BCUT2D eigenvalue weighted by Gasteiger charge is 2.33. The molecule has 1 N–H and O–H groups in total. The molecule has 1 aliphatic heterocycles. The van der Waals surface area contributed by atoms with Crippen molar-refractivity contribution in [3.63, 3.8) is 0 Å². The number of carbonyl (C=O) groups excluding carboxylic acids is 1. The lowest BCUT2D eigenvalue weighted by Crippen LogP contribution is -2.48. The van der Waals surface area contributed by atoms with Crippen LogP contribution in [0, 0.1) is 5.41 Å². The maximum atomic E-state index is 12.4.